The van der Waals surface area contributed by atoms with Gasteiger partial charge in [-0.3, -0.25) is 4.79 Å². The SMILES string of the molecule is C=CCCCCCCCCC(=O)N[C@@H](Cc1cnc[nH]1)C(=O)O. The fourth-order valence-corrected chi connectivity index (χ4v) is 2.36. The maximum absolute atomic E-state index is 11.8. The van der Waals surface area contributed by atoms with E-state index in [1.807, 2.05) is 6.08 Å². The van der Waals surface area contributed by atoms with Crippen molar-refractivity contribution in [3.8, 4) is 0 Å². The molecule has 23 heavy (non-hydrogen) atoms. The fraction of sp³-hybridized carbons (Fsp3) is 0.588. The number of carbonyl (C=O) groups excluding carboxylic acids is 1. The van der Waals surface area contributed by atoms with Gasteiger partial charge in [0.05, 0.1) is 6.33 Å². The zero-order chi connectivity index (χ0) is 16.9. The van der Waals surface area contributed by atoms with E-state index in [0.29, 0.717) is 12.1 Å². The number of carboxylic acid groups (broad SMARTS) is 1. The molecule has 6 heteroatoms. The quantitative estimate of drug-likeness (QED) is 0.384. The lowest BCUT2D eigenvalue weighted by atomic mass is 10.1. The number of allylic oxidation sites excluding steroid dienone is 1. The Morgan fingerprint density at radius 1 is 1.26 bits per heavy atom. The Balaban J connectivity index is 2.15. The van der Waals surface area contributed by atoms with E-state index in [4.69, 9.17) is 0 Å². The monoisotopic (exact) mass is 321 g/mol. The van der Waals surface area contributed by atoms with Crippen molar-refractivity contribution in [1.82, 2.24) is 15.3 Å². The van der Waals surface area contributed by atoms with Crippen LogP contribution in [0.3, 0.4) is 0 Å². The first-order valence-electron chi connectivity index (χ1n) is 8.23. The number of amides is 1. The van der Waals surface area contributed by atoms with Gasteiger partial charge < -0.3 is 15.4 Å². The van der Waals surface area contributed by atoms with Crippen molar-refractivity contribution in [3.63, 3.8) is 0 Å². The molecule has 3 N–H and O–H groups in total. The van der Waals surface area contributed by atoms with Crippen LogP contribution in [0, 0.1) is 0 Å². The Bertz CT molecular complexity index is 471. The summed E-state index contributed by atoms with van der Waals surface area (Å²) in [5, 5.41) is 11.8. The Morgan fingerprint density at radius 3 is 2.57 bits per heavy atom. The normalized spacial score (nSPS) is 11.8. The number of aromatic nitrogens is 2. The molecular weight excluding hydrogens is 294 g/mol. The molecule has 0 aliphatic rings. The molecule has 1 amide bonds. The Kier molecular flexibility index (Phi) is 9.43. The number of rotatable bonds is 13. The summed E-state index contributed by atoms with van der Waals surface area (Å²) >= 11 is 0. The molecule has 0 saturated carbocycles. The van der Waals surface area contributed by atoms with E-state index in [1.54, 1.807) is 6.20 Å². The zero-order valence-electron chi connectivity index (χ0n) is 13.6. The molecule has 0 unspecified atom stereocenters. The van der Waals surface area contributed by atoms with Gasteiger partial charge in [0.15, 0.2) is 0 Å². The van der Waals surface area contributed by atoms with Crippen LogP contribution in [0.4, 0.5) is 0 Å². The highest BCUT2D eigenvalue weighted by Crippen LogP contribution is 2.09. The van der Waals surface area contributed by atoms with Crippen molar-refractivity contribution >= 4 is 11.9 Å². The third-order valence-corrected chi connectivity index (χ3v) is 3.67. The number of hydrogen-bond acceptors (Lipinski definition) is 3. The van der Waals surface area contributed by atoms with Crippen molar-refractivity contribution in [2.45, 2.75) is 63.8 Å². The second kappa shape index (κ2) is 11.5. The molecule has 0 bridgehead atoms. The molecule has 0 radical (unpaired) electrons. The highest BCUT2D eigenvalue weighted by Gasteiger charge is 2.20. The number of carbonyl (C=O) groups is 2. The average molecular weight is 321 g/mol. The molecule has 0 aromatic carbocycles. The number of H-pyrrole nitrogens is 1. The van der Waals surface area contributed by atoms with Gasteiger partial charge in [0, 0.05) is 24.7 Å². The highest BCUT2D eigenvalue weighted by molar-refractivity contribution is 5.83. The molecule has 0 fully saturated rings. The molecule has 128 valence electrons. The lowest BCUT2D eigenvalue weighted by Gasteiger charge is -2.13. The molecule has 0 aliphatic carbocycles. The molecule has 6 nitrogen and oxygen atoms in total. The van der Waals surface area contributed by atoms with E-state index in [-0.39, 0.29) is 12.3 Å². The molecule has 1 atom stereocenters. The molecule has 1 aromatic rings. The van der Waals surface area contributed by atoms with Gasteiger partial charge in [-0.05, 0) is 19.3 Å². The number of nitrogens with zero attached hydrogens (tertiary/aromatic N) is 1. The van der Waals surface area contributed by atoms with Crippen LogP contribution in [0.15, 0.2) is 25.2 Å². The smallest absolute Gasteiger partial charge is 0.326 e. The van der Waals surface area contributed by atoms with Crippen LogP contribution in [-0.4, -0.2) is 33.0 Å². The van der Waals surface area contributed by atoms with E-state index in [9.17, 15) is 14.7 Å². The van der Waals surface area contributed by atoms with Gasteiger partial charge in [0.2, 0.25) is 5.91 Å². The van der Waals surface area contributed by atoms with Crippen molar-refractivity contribution in [1.29, 1.82) is 0 Å². The summed E-state index contributed by atoms with van der Waals surface area (Å²) in [5.41, 5.74) is 0.692. The maximum Gasteiger partial charge on any atom is 0.326 e. The average Bonchev–Trinajstić information content (AvgIpc) is 3.02. The molecular formula is C17H27N3O3. The third-order valence-electron chi connectivity index (χ3n) is 3.67. The van der Waals surface area contributed by atoms with Crippen LogP contribution >= 0.6 is 0 Å². The first-order valence-corrected chi connectivity index (χ1v) is 8.23. The van der Waals surface area contributed by atoms with Crippen molar-refractivity contribution < 1.29 is 14.7 Å². The van der Waals surface area contributed by atoms with E-state index in [0.717, 1.165) is 25.7 Å². The number of aliphatic carboxylic acids is 1. The molecule has 1 rings (SSSR count). The van der Waals surface area contributed by atoms with Crippen LogP contribution in [0.5, 0.6) is 0 Å². The van der Waals surface area contributed by atoms with Gasteiger partial charge in [0.1, 0.15) is 6.04 Å². The maximum atomic E-state index is 11.8. The van der Waals surface area contributed by atoms with Gasteiger partial charge in [-0.2, -0.15) is 0 Å². The van der Waals surface area contributed by atoms with Crippen molar-refractivity contribution in [2.24, 2.45) is 0 Å². The summed E-state index contributed by atoms with van der Waals surface area (Å²) in [6.45, 7) is 3.69. The minimum absolute atomic E-state index is 0.205. The van der Waals surface area contributed by atoms with Crippen LogP contribution in [0.2, 0.25) is 0 Å². The summed E-state index contributed by atoms with van der Waals surface area (Å²) in [7, 11) is 0. The first-order chi connectivity index (χ1) is 11.1. The van der Waals surface area contributed by atoms with Gasteiger partial charge in [-0.15, -0.1) is 6.58 Å². The number of imidazole rings is 1. The third kappa shape index (κ3) is 8.80. The second-order valence-electron chi connectivity index (χ2n) is 5.69. The molecule has 1 aromatic heterocycles. The Labute approximate surface area is 137 Å². The summed E-state index contributed by atoms with van der Waals surface area (Å²) in [4.78, 5) is 29.7. The largest absolute Gasteiger partial charge is 0.480 e. The lowest BCUT2D eigenvalue weighted by Crippen LogP contribution is -2.42. The van der Waals surface area contributed by atoms with E-state index in [2.05, 4.69) is 21.9 Å². The molecule has 1 heterocycles. The van der Waals surface area contributed by atoms with Crippen LogP contribution in [0.25, 0.3) is 0 Å². The van der Waals surface area contributed by atoms with Gasteiger partial charge in [-0.25, -0.2) is 9.78 Å². The number of carboxylic acids is 1. The summed E-state index contributed by atoms with van der Waals surface area (Å²) in [6.07, 6.45) is 13.1. The standard InChI is InChI=1S/C17H27N3O3/c1-2-3-4-5-6-7-8-9-10-16(21)20-15(17(22)23)11-14-12-18-13-19-14/h2,12-13,15H,1,3-11H2,(H,18,19)(H,20,21)(H,22,23)/t15-/m0/s1. The summed E-state index contributed by atoms with van der Waals surface area (Å²) in [6, 6.07) is -0.915. The minimum atomic E-state index is -1.03. The predicted octanol–water partition coefficient (Wildman–Crippen LogP) is 2.83. The lowest BCUT2D eigenvalue weighted by molar-refractivity contribution is -0.141. The van der Waals surface area contributed by atoms with E-state index >= 15 is 0 Å². The summed E-state index contributed by atoms with van der Waals surface area (Å²) in [5.74, 6) is -1.24. The van der Waals surface area contributed by atoms with E-state index in [1.165, 1.54) is 25.6 Å². The number of nitrogens with one attached hydrogen (secondary N) is 2. The number of aromatic amines is 1. The Morgan fingerprint density at radius 2 is 1.96 bits per heavy atom. The number of unbranched alkanes of at least 4 members (excludes halogenated alkanes) is 6. The second-order valence-corrected chi connectivity index (χ2v) is 5.69. The fourth-order valence-electron chi connectivity index (χ4n) is 2.36. The van der Waals surface area contributed by atoms with Crippen LogP contribution in [0.1, 0.15) is 57.1 Å². The van der Waals surface area contributed by atoms with Gasteiger partial charge in [0.25, 0.3) is 0 Å². The van der Waals surface area contributed by atoms with Gasteiger partial charge in [-0.1, -0.05) is 31.8 Å². The van der Waals surface area contributed by atoms with E-state index < -0.39 is 12.0 Å². The van der Waals surface area contributed by atoms with Crippen LogP contribution < -0.4 is 5.32 Å². The van der Waals surface area contributed by atoms with Gasteiger partial charge >= 0.3 is 5.97 Å². The molecule has 0 spiro atoms. The predicted molar refractivity (Wildman–Crippen MR) is 89.0 cm³/mol. The van der Waals surface area contributed by atoms with Crippen molar-refractivity contribution in [2.75, 3.05) is 0 Å². The molecule has 0 saturated heterocycles. The summed E-state index contributed by atoms with van der Waals surface area (Å²) < 4.78 is 0. The first kappa shape index (κ1) is 18.9. The zero-order valence-corrected chi connectivity index (χ0v) is 13.6. The number of hydrogen-bond donors (Lipinski definition) is 3. The topological polar surface area (TPSA) is 95.1 Å². The Hall–Kier alpha value is -2.11. The van der Waals surface area contributed by atoms with Crippen molar-refractivity contribution in [3.05, 3.63) is 30.9 Å². The molecule has 0 aliphatic heterocycles. The highest BCUT2D eigenvalue weighted by atomic mass is 16.4. The minimum Gasteiger partial charge on any atom is -0.480 e. The van der Waals surface area contributed by atoms with Crippen LogP contribution in [-0.2, 0) is 16.0 Å².